The minimum atomic E-state index is -3.98. The SMILES string of the molecule is O=C(O)c1cc(S(=O)(=O)Nc2ccc(OCCOCCO)cc2)ccc1Cl. The van der Waals surface area contributed by atoms with Gasteiger partial charge >= 0.3 is 5.97 Å². The largest absolute Gasteiger partial charge is 0.491 e. The molecule has 3 N–H and O–H groups in total. The van der Waals surface area contributed by atoms with Gasteiger partial charge in [-0.2, -0.15) is 0 Å². The van der Waals surface area contributed by atoms with Gasteiger partial charge in [-0.15, -0.1) is 0 Å². The van der Waals surface area contributed by atoms with Gasteiger partial charge in [-0.05, 0) is 42.5 Å². The number of rotatable bonds is 10. The third-order valence-electron chi connectivity index (χ3n) is 3.32. The fourth-order valence-corrected chi connectivity index (χ4v) is 3.34. The van der Waals surface area contributed by atoms with Crippen LogP contribution in [-0.2, 0) is 14.8 Å². The first-order valence-electron chi connectivity index (χ1n) is 7.80. The zero-order valence-corrected chi connectivity index (χ0v) is 15.7. The zero-order valence-electron chi connectivity index (χ0n) is 14.1. The van der Waals surface area contributed by atoms with Crippen LogP contribution in [0, 0.1) is 0 Å². The summed E-state index contributed by atoms with van der Waals surface area (Å²) in [6.45, 7) is 0.778. The van der Waals surface area contributed by atoms with Crippen LogP contribution in [-0.4, -0.2) is 51.0 Å². The minimum Gasteiger partial charge on any atom is -0.491 e. The van der Waals surface area contributed by atoms with Gasteiger partial charge in [0, 0.05) is 5.69 Å². The second-order valence-electron chi connectivity index (χ2n) is 5.26. The molecule has 0 unspecified atom stereocenters. The molecular weight excluding hydrogens is 398 g/mol. The zero-order chi connectivity index (χ0) is 19.9. The number of halogens is 1. The van der Waals surface area contributed by atoms with Crippen molar-refractivity contribution in [2.75, 3.05) is 31.1 Å². The highest BCUT2D eigenvalue weighted by atomic mass is 35.5. The van der Waals surface area contributed by atoms with E-state index < -0.39 is 16.0 Å². The average molecular weight is 416 g/mol. The third kappa shape index (κ3) is 6.10. The van der Waals surface area contributed by atoms with Gasteiger partial charge in [-0.25, -0.2) is 13.2 Å². The smallest absolute Gasteiger partial charge is 0.337 e. The molecule has 2 aromatic carbocycles. The molecule has 0 heterocycles. The molecule has 2 aromatic rings. The van der Waals surface area contributed by atoms with Crippen LogP contribution in [0.2, 0.25) is 5.02 Å². The summed E-state index contributed by atoms with van der Waals surface area (Å²) in [5, 5.41) is 17.6. The maximum absolute atomic E-state index is 12.4. The number of aromatic carboxylic acids is 1. The van der Waals surface area contributed by atoms with E-state index in [9.17, 15) is 13.2 Å². The van der Waals surface area contributed by atoms with E-state index in [1.165, 1.54) is 24.3 Å². The summed E-state index contributed by atoms with van der Waals surface area (Å²) in [6.07, 6.45) is 0. The van der Waals surface area contributed by atoms with Crippen molar-refractivity contribution >= 4 is 33.3 Å². The van der Waals surface area contributed by atoms with Crippen molar-refractivity contribution in [3.8, 4) is 5.75 Å². The van der Waals surface area contributed by atoms with Crippen molar-refractivity contribution in [2.24, 2.45) is 0 Å². The summed E-state index contributed by atoms with van der Waals surface area (Å²) in [5.41, 5.74) is -0.0163. The maximum Gasteiger partial charge on any atom is 0.337 e. The van der Waals surface area contributed by atoms with Crippen LogP contribution in [0.25, 0.3) is 0 Å². The first-order valence-corrected chi connectivity index (χ1v) is 9.67. The highest BCUT2D eigenvalue weighted by Crippen LogP contribution is 2.23. The first-order chi connectivity index (χ1) is 12.8. The van der Waals surface area contributed by atoms with Gasteiger partial charge in [0.1, 0.15) is 12.4 Å². The topological polar surface area (TPSA) is 122 Å². The lowest BCUT2D eigenvalue weighted by Crippen LogP contribution is -2.14. The Morgan fingerprint density at radius 3 is 2.41 bits per heavy atom. The summed E-state index contributed by atoms with van der Waals surface area (Å²) >= 11 is 5.76. The van der Waals surface area contributed by atoms with Crippen LogP contribution < -0.4 is 9.46 Å². The average Bonchev–Trinajstić information content (AvgIpc) is 2.62. The molecule has 0 fully saturated rings. The lowest BCUT2D eigenvalue weighted by Gasteiger charge is -2.11. The molecule has 146 valence electrons. The van der Waals surface area contributed by atoms with E-state index in [0.29, 0.717) is 12.4 Å². The van der Waals surface area contributed by atoms with Gasteiger partial charge in [0.05, 0.1) is 35.3 Å². The molecule has 0 spiro atoms. The quantitative estimate of drug-likeness (QED) is 0.508. The number of carboxylic acids is 1. The molecule has 0 amide bonds. The number of carbonyl (C=O) groups is 1. The van der Waals surface area contributed by atoms with Crippen molar-refractivity contribution in [2.45, 2.75) is 4.90 Å². The summed E-state index contributed by atoms with van der Waals surface area (Å²) in [6, 6.07) is 9.61. The number of ether oxygens (including phenoxy) is 2. The summed E-state index contributed by atoms with van der Waals surface area (Å²) in [7, 11) is -3.98. The molecule has 0 radical (unpaired) electrons. The molecule has 0 bridgehead atoms. The summed E-state index contributed by atoms with van der Waals surface area (Å²) in [4.78, 5) is 10.9. The van der Waals surface area contributed by atoms with Crippen molar-refractivity contribution in [1.82, 2.24) is 0 Å². The van der Waals surface area contributed by atoms with E-state index in [4.69, 9.17) is 31.3 Å². The molecule has 27 heavy (non-hydrogen) atoms. The molecule has 0 aliphatic rings. The number of hydrogen-bond acceptors (Lipinski definition) is 6. The number of nitrogens with one attached hydrogen (secondary N) is 1. The number of aliphatic hydroxyl groups excluding tert-OH is 1. The molecule has 8 nitrogen and oxygen atoms in total. The van der Waals surface area contributed by atoms with Crippen LogP contribution in [0.15, 0.2) is 47.4 Å². The lowest BCUT2D eigenvalue weighted by atomic mass is 10.2. The van der Waals surface area contributed by atoms with Gasteiger partial charge in [-0.1, -0.05) is 11.6 Å². The normalized spacial score (nSPS) is 11.2. The van der Waals surface area contributed by atoms with Gasteiger partial charge in [0.15, 0.2) is 0 Å². The molecule has 0 saturated carbocycles. The van der Waals surface area contributed by atoms with Crippen molar-refractivity contribution in [1.29, 1.82) is 0 Å². The Bertz CT molecular complexity index is 885. The monoisotopic (exact) mass is 415 g/mol. The number of carboxylic acid groups (broad SMARTS) is 1. The number of sulfonamides is 1. The number of hydrogen-bond donors (Lipinski definition) is 3. The van der Waals surface area contributed by atoms with E-state index >= 15 is 0 Å². The van der Waals surface area contributed by atoms with Crippen LogP contribution >= 0.6 is 11.6 Å². The Kier molecular flexibility index (Phi) is 7.43. The molecule has 0 saturated heterocycles. The standard InChI is InChI=1S/C17H18ClNO7S/c18-16-6-5-14(11-15(16)17(21)22)27(23,24)19-12-1-3-13(4-2-12)26-10-9-25-8-7-20/h1-6,11,19-20H,7-10H2,(H,21,22). The Hall–Kier alpha value is -2.33. The Labute approximate surface area is 161 Å². The van der Waals surface area contributed by atoms with E-state index in [0.717, 1.165) is 6.07 Å². The maximum atomic E-state index is 12.4. The fraction of sp³-hybridized carbons (Fsp3) is 0.235. The molecule has 0 atom stereocenters. The van der Waals surface area contributed by atoms with Crippen LogP contribution in [0.1, 0.15) is 10.4 Å². The van der Waals surface area contributed by atoms with E-state index in [2.05, 4.69) is 4.72 Å². The van der Waals surface area contributed by atoms with Gasteiger partial charge in [-0.3, -0.25) is 4.72 Å². The fourth-order valence-electron chi connectivity index (χ4n) is 2.05. The number of benzene rings is 2. The van der Waals surface area contributed by atoms with Crippen molar-refractivity contribution < 1.29 is 32.9 Å². The molecule has 0 aromatic heterocycles. The van der Waals surface area contributed by atoms with E-state index in [1.807, 2.05) is 0 Å². The van der Waals surface area contributed by atoms with Crippen molar-refractivity contribution in [3.63, 3.8) is 0 Å². The van der Waals surface area contributed by atoms with Gasteiger partial charge in [0.25, 0.3) is 10.0 Å². The predicted molar refractivity (Wildman–Crippen MR) is 99.1 cm³/mol. The Balaban J connectivity index is 2.03. The van der Waals surface area contributed by atoms with Crippen LogP contribution in [0.3, 0.4) is 0 Å². The van der Waals surface area contributed by atoms with Gasteiger partial charge < -0.3 is 19.7 Å². The highest BCUT2D eigenvalue weighted by Gasteiger charge is 2.18. The number of aliphatic hydroxyl groups is 1. The second kappa shape index (κ2) is 9.56. The van der Waals surface area contributed by atoms with Crippen molar-refractivity contribution in [3.05, 3.63) is 53.1 Å². The molecule has 2 rings (SSSR count). The highest BCUT2D eigenvalue weighted by molar-refractivity contribution is 7.92. The minimum absolute atomic E-state index is 0.0501. The number of anilines is 1. The van der Waals surface area contributed by atoms with Crippen LogP contribution in [0.5, 0.6) is 5.75 Å². The molecule has 10 heteroatoms. The predicted octanol–water partition coefficient (Wildman–Crippen LogP) is 2.23. The summed E-state index contributed by atoms with van der Waals surface area (Å²) < 4.78 is 37.7. The third-order valence-corrected chi connectivity index (χ3v) is 5.03. The van der Waals surface area contributed by atoms with E-state index in [1.54, 1.807) is 12.1 Å². The van der Waals surface area contributed by atoms with Gasteiger partial charge in [0.2, 0.25) is 0 Å². The molecule has 0 aliphatic carbocycles. The van der Waals surface area contributed by atoms with E-state index in [-0.39, 0.29) is 41.0 Å². The Morgan fingerprint density at radius 2 is 1.78 bits per heavy atom. The molecule has 0 aliphatic heterocycles. The van der Waals surface area contributed by atoms with Crippen LogP contribution in [0.4, 0.5) is 5.69 Å². The second-order valence-corrected chi connectivity index (χ2v) is 7.35. The lowest BCUT2D eigenvalue weighted by molar-refractivity contribution is 0.0696. The first kappa shape index (κ1) is 21.0. The summed E-state index contributed by atoms with van der Waals surface area (Å²) in [5.74, 6) is -0.799. The molecular formula is C17H18ClNO7S. The Morgan fingerprint density at radius 1 is 1.07 bits per heavy atom.